The van der Waals surface area contributed by atoms with E-state index in [1.165, 1.54) is 10.4 Å². The van der Waals surface area contributed by atoms with Crippen LogP contribution in [0.25, 0.3) is 15.9 Å². The van der Waals surface area contributed by atoms with Crippen LogP contribution in [0.4, 0.5) is 0 Å². The van der Waals surface area contributed by atoms with Gasteiger partial charge in [0.15, 0.2) is 18.1 Å². The van der Waals surface area contributed by atoms with Gasteiger partial charge in [0.1, 0.15) is 11.2 Å². The van der Waals surface area contributed by atoms with Crippen LogP contribution >= 0.6 is 11.3 Å². The molecule has 29 heavy (non-hydrogen) atoms. The van der Waals surface area contributed by atoms with Gasteiger partial charge in [0.25, 0.3) is 0 Å². The van der Waals surface area contributed by atoms with Crippen molar-refractivity contribution in [3.05, 3.63) is 58.5 Å². The number of nitrogens with zero attached hydrogens (tertiary/aromatic N) is 5. The quantitative estimate of drug-likeness (QED) is 0.376. The second-order valence-electron chi connectivity index (χ2n) is 7.77. The number of oxime groups is 1. The van der Waals surface area contributed by atoms with Crippen molar-refractivity contribution in [3.63, 3.8) is 0 Å². The third kappa shape index (κ3) is 3.38. The summed E-state index contributed by atoms with van der Waals surface area (Å²) in [4.78, 5) is 17.0. The van der Waals surface area contributed by atoms with E-state index in [9.17, 15) is 0 Å². The monoisotopic (exact) mass is 407 g/mol. The number of benzene rings is 1. The number of hydrogen-bond donors (Lipinski definition) is 0. The van der Waals surface area contributed by atoms with Crippen LogP contribution in [0.2, 0.25) is 0 Å². The number of rotatable bonds is 4. The zero-order valence-electron chi connectivity index (χ0n) is 16.5. The zero-order chi connectivity index (χ0) is 20.0. The van der Waals surface area contributed by atoms with E-state index >= 15 is 0 Å². The molecule has 0 spiro atoms. The molecular weight excluding hydrogens is 386 g/mol. The second kappa shape index (κ2) is 6.89. The normalized spacial score (nSPS) is 16.3. The minimum atomic E-state index is -0.191. The molecule has 0 bridgehead atoms. The van der Waals surface area contributed by atoms with Gasteiger partial charge in [-0.25, -0.2) is 14.5 Å². The maximum absolute atomic E-state index is 5.96. The molecule has 0 saturated heterocycles. The Morgan fingerprint density at radius 3 is 2.97 bits per heavy atom. The highest BCUT2D eigenvalue weighted by Crippen LogP contribution is 2.39. The molecular formula is C21H21N5O2S. The third-order valence-corrected chi connectivity index (χ3v) is 6.15. The molecule has 0 radical (unpaired) electrons. The molecule has 4 heterocycles. The Hall–Kier alpha value is -2.84. The number of ether oxygens (including phenoxy) is 1. The van der Waals surface area contributed by atoms with E-state index in [1.54, 1.807) is 22.2 Å². The summed E-state index contributed by atoms with van der Waals surface area (Å²) in [5, 5.41) is 9.79. The third-order valence-electron chi connectivity index (χ3n) is 5.04. The molecule has 0 unspecified atom stereocenters. The van der Waals surface area contributed by atoms with Crippen molar-refractivity contribution in [1.29, 1.82) is 0 Å². The van der Waals surface area contributed by atoms with Crippen molar-refractivity contribution in [2.45, 2.75) is 46.0 Å². The lowest BCUT2D eigenvalue weighted by molar-refractivity contribution is -0.0379. The minimum absolute atomic E-state index is 0.191. The lowest BCUT2D eigenvalue weighted by Crippen LogP contribution is -2.31. The SMILES string of the molecule is C/C(=N\OCc1nc2c3c4c(sc3ncn2n1)COC(C)(C)C4)c1ccccc1. The Balaban J connectivity index is 1.45. The van der Waals surface area contributed by atoms with Gasteiger partial charge in [0.2, 0.25) is 0 Å². The fourth-order valence-corrected chi connectivity index (χ4v) is 4.63. The summed E-state index contributed by atoms with van der Waals surface area (Å²) in [6.45, 7) is 6.97. The Labute approximate surface area is 172 Å². The Morgan fingerprint density at radius 1 is 1.31 bits per heavy atom. The number of fused-ring (bicyclic) bond motifs is 5. The highest BCUT2D eigenvalue weighted by atomic mass is 32.1. The summed E-state index contributed by atoms with van der Waals surface area (Å²) in [7, 11) is 0. The fraction of sp³-hybridized carbons (Fsp3) is 0.333. The van der Waals surface area contributed by atoms with Gasteiger partial charge in [-0.15, -0.1) is 16.4 Å². The Kier molecular flexibility index (Phi) is 4.33. The lowest BCUT2D eigenvalue weighted by atomic mass is 9.94. The van der Waals surface area contributed by atoms with Gasteiger partial charge in [-0.05, 0) is 31.9 Å². The summed E-state index contributed by atoms with van der Waals surface area (Å²) >= 11 is 1.67. The number of thiophene rings is 1. The maximum atomic E-state index is 5.96. The van der Waals surface area contributed by atoms with E-state index in [4.69, 9.17) is 14.6 Å². The molecule has 0 N–H and O–H groups in total. The van der Waals surface area contributed by atoms with Crippen molar-refractivity contribution in [2.24, 2.45) is 5.16 Å². The van der Waals surface area contributed by atoms with E-state index in [-0.39, 0.29) is 12.2 Å². The molecule has 0 atom stereocenters. The van der Waals surface area contributed by atoms with Crippen LogP contribution in [0.1, 0.15) is 42.6 Å². The Morgan fingerprint density at radius 2 is 2.14 bits per heavy atom. The van der Waals surface area contributed by atoms with Crippen molar-refractivity contribution in [3.8, 4) is 0 Å². The first-order valence-electron chi connectivity index (χ1n) is 9.51. The van der Waals surface area contributed by atoms with Crippen molar-refractivity contribution in [2.75, 3.05) is 0 Å². The molecule has 1 aromatic carbocycles. The minimum Gasteiger partial charge on any atom is -0.387 e. The summed E-state index contributed by atoms with van der Waals surface area (Å²) in [5.41, 5.74) is 3.73. The van der Waals surface area contributed by atoms with Gasteiger partial charge in [-0.3, -0.25) is 0 Å². The van der Waals surface area contributed by atoms with E-state index < -0.39 is 0 Å². The van der Waals surface area contributed by atoms with Crippen molar-refractivity contribution >= 4 is 32.9 Å². The fourth-order valence-electron chi connectivity index (χ4n) is 3.57. The van der Waals surface area contributed by atoms with Gasteiger partial charge < -0.3 is 9.57 Å². The maximum Gasteiger partial charge on any atom is 0.192 e. The van der Waals surface area contributed by atoms with E-state index in [0.29, 0.717) is 12.4 Å². The Bertz CT molecular complexity index is 1230. The number of aromatic nitrogens is 4. The summed E-state index contributed by atoms with van der Waals surface area (Å²) in [6.07, 6.45) is 2.55. The van der Waals surface area contributed by atoms with Crippen LogP contribution in [0.3, 0.4) is 0 Å². The predicted molar refractivity (Wildman–Crippen MR) is 112 cm³/mol. The first-order valence-corrected chi connectivity index (χ1v) is 10.3. The standard InChI is InChI=1S/C21H21N5O2S/c1-13(14-7-5-4-6-8-14)25-28-11-17-23-19-18-15-9-21(2,3)27-10-16(15)29-20(18)22-12-26(19)24-17/h4-8,12H,9-11H2,1-3H3/b25-13+. The van der Waals surface area contributed by atoms with Gasteiger partial charge in [-0.1, -0.05) is 35.5 Å². The highest BCUT2D eigenvalue weighted by molar-refractivity contribution is 7.19. The van der Waals surface area contributed by atoms with Crippen LogP contribution < -0.4 is 0 Å². The van der Waals surface area contributed by atoms with Crippen LogP contribution in [0.5, 0.6) is 0 Å². The van der Waals surface area contributed by atoms with Crippen molar-refractivity contribution in [1.82, 2.24) is 19.6 Å². The number of hydrogen-bond acceptors (Lipinski definition) is 7. The van der Waals surface area contributed by atoms with Gasteiger partial charge in [0.05, 0.1) is 23.3 Å². The highest BCUT2D eigenvalue weighted by Gasteiger charge is 2.30. The summed E-state index contributed by atoms with van der Waals surface area (Å²) < 4.78 is 7.68. The first kappa shape index (κ1) is 18.2. The van der Waals surface area contributed by atoms with Gasteiger partial charge >= 0.3 is 0 Å². The van der Waals surface area contributed by atoms with Gasteiger partial charge in [-0.2, -0.15) is 0 Å². The van der Waals surface area contributed by atoms with E-state index in [0.717, 1.165) is 33.6 Å². The predicted octanol–water partition coefficient (Wildman–Crippen LogP) is 4.13. The molecule has 148 valence electrons. The molecule has 1 aliphatic rings. The molecule has 8 heteroatoms. The zero-order valence-corrected chi connectivity index (χ0v) is 17.4. The van der Waals surface area contributed by atoms with E-state index in [2.05, 4.69) is 29.1 Å². The van der Waals surface area contributed by atoms with Crippen LogP contribution in [-0.4, -0.2) is 30.9 Å². The smallest absolute Gasteiger partial charge is 0.192 e. The summed E-state index contributed by atoms with van der Waals surface area (Å²) in [6, 6.07) is 9.93. The van der Waals surface area contributed by atoms with Gasteiger partial charge in [0, 0.05) is 11.3 Å². The molecule has 0 aliphatic carbocycles. The van der Waals surface area contributed by atoms with E-state index in [1.807, 2.05) is 37.3 Å². The summed E-state index contributed by atoms with van der Waals surface area (Å²) in [5.74, 6) is 0.579. The molecule has 4 aromatic rings. The molecule has 5 rings (SSSR count). The van der Waals surface area contributed by atoms with Crippen LogP contribution in [-0.2, 0) is 29.2 Å². The molecule has 7 nitrogen and oxygen atoms in total. The average Bonchev–Trinajstić information content (AvgIpc) is 3.28. The molecule has 0 amide bonds. The average molecular weight is 407 g/mol. The molecule has 3 aromatic heterocycles. The largest absolute Gasteiger partial charge is 0.387 e. The topological polar surface area (TPSA) is 73.9 Å². The second-order valence-corrected chi connectivity index (χ2v) is 8.85. The molecule has 1 aliphatic heterocycles. The molecule has 0 fully saturated rings. The lowest BCUT2D eigenvalue weighted by Gasteiger charge is -2.30. The van der Waals surface area contributed by atoms with Crippen LogP contribution in [0.15, 0.2) is 41.8 Å². The first-order chi connectivity index (χ1) is 14.0. The van der Waals surface area contributed by atoms with Crippen LogP contribution in [0, 0.1) is 0 Å². The van der Waals surface area contributed by atoms with Crippen molar-refractivity contribution < 1.29 is 9.57 Å². The molecule has 0 saturated carbocycles.